The Morgan fingerprint density at radius 1 is 1.19 bits per heavy atom. The molecule has 122 valence electrons. The van der Waals surface area contributed by atoms with Crippen molar-refractivity contribution in [2.24, 2.45) is 11.7 Å². The quantitative estimate of drug-likeness (QED) is 0.572. The fourth-order valence-electron chi connectivity index (χ4n) is 1.51. The molecule has 0 aromatic carbocycles. The van der Waals surface area contributed by atoms with Gasteiger partial charge < -0.3 is 20.5 Å². The van der Waals surface area contributed by atoms with Crippen LogP contribution < -0.4 is 11.1 Å². The number of rotatable bonds is 9. The van der Waals surface area contributed by atoms with Gasteiger partial charge in [0.05, 0.1) is 20.0 Å². The van der Waals surface area contributed by atoms with Gasteiger partial charge in [0.15, 0.2) is 0 Å². The Kier molecular flexibility index (Phi) is 9.81. The Morgan fingerprint density at radius 3 is 2.24 bits per heavy atom. The van der Waals surface area contributed by atoms with Crippen LogP contribution in [0.4, 0.5) is 0 Å². The van der Waals surface area contributed by atoms with E-state index < -0.39 is 24.0 Å². The van der Waals surface area contributed by atoms with Gasteiger partial charge in [-0.2, -0.15) is 0 Å². The number of methoxy groups -OCH3 is 2. The smallest absolute Gasteiger partial charge is 0.328 e. The average molecular weight is 320 g/mol. The van der Waals surface area contributed by atoms with Crippen LogP contribution in [0.25, 0.3) is 0 Å². The number of carbonyl (C=O) groups excluding carboxylic acids is 3. The van der Waals surface area contributed by atoms with Gasteiger partial charge in [-0.15, -0.1) is 11.8 Å². The molecule has 0 saturated heterocycles. The molecule has 0 aromatic heterocycles. The van der Waals surface area contributed by atoms with E-state index >= 15 is 0 Å². The lowest BCUT2D eigenvalue weighted by atomic mass is 9.99. The maximum atomic E-state index is 11.8. The third kappa shape index (κ3) is 7.33. The first-order chi connectivity index (χ1) is 9.87. The number of carbonyl (C=O) groups is 3. The minimum absolute atomic E-state index is 0.0243. The zero-order chi connectivity index (χ0) is 16.4. The zero-order valence-corrected chi connectivity index (χ0v) is 13.7. The fraction of sp³-hybridized carbons (Fsp3) is 0.769. The summed E-state index contributed by atoms with van der Waals surface area (Å²) in [5, 5.41) is 2.64. The lowest BCUT2D eigenvalue weighted by Gasteiger charge is -2.21. The van der Waals surface area contributed by atoms with Crippen molar-refractivity contribution in [2.45, 2.75) is 32.4 Å². The van der Waals surface area contributed by atoms with Gasteiger partial charge in [-0.1, -0.05) is 20.3 Å². The minimum atomic E-state index is -0.765. The standard InChI is InChI=1S/C13H24N2O5S/c1-5-8(2)11(13(18)20-4)15-10(16)7-21-6-9(14)12(17)19-3/h8-9,11H,5-7,14H2,1-4H3,(H,15,16). The van der Waals surface area contributed by atoms with E-state index in [0.29, 0.717) is 0 Å². The molecule has 21 heavy (non-hydrogen) atoms. The van der Waals surface area contributed by atoms with Crippen LogP contribution >= 0.6 is 11.8 Å². The van der Waals surface area contributed by atoms with Crippen LogP contribution in [-0.4, -0.2) is 55.7 Å². The zero-order valence-electron chi connectivity index (χ0n) is 12.9. The normalized spacial score (nSPS) is 14.7. The van der Waals surface area contributed by atoms with E-state index in [4.69, 9.17) is 5.73 Å². The predicted octanol–water partition coefficient (Wildman–Crippen LogP) is -0.0762. The third-order valence-electron chi connectivity index (χ3n) is 3.02. The second-order valence-electron chi connectivity index (χ2n) is 4.60. The Balaban J connectivity index is 4.27. The first kappa shape index (κ1) is 19.7. The molecule has 0 aliphatic rings. The van der Waals surface area contributed by atoms with Crippen LogP contribution in [0, 0.1) is 5.92 Å². The van der Waals surface area contributed by atoms with Crippen molar-refractivity contribution in [2.75, 3.05) is 25.7 Å². The number of nitrogens with one attached hydrogen (secondary N) is 1. The van der Waals surface area contributed by atoms with Crippen molar-refractivity contribution in [1.29, 1.82) is 0 Å². The number of thioether (sulfide) groups is 1. The summed E-state index contributed by atoms with van der Waals surface area (Å²) in [6.07, 6.45) is 0.737. The molecule has 0 rings (SSSR count). The van der Waals surface area contributed by atoms with Gasteiger partial charge in [-0.3, -0.25) is 9.59 Å². The molecule has 1 amide bonds. The third-order valence-corrected chi connectivity index (χ3v) is 4.08. The van der Waals surface area contributed by atoms with Crippen molar-refractivity contribution in [3.63, 3.8) is 0 Å². The van der Waals surface area contributed by atoms with E-state index in [2.05, 4.69) is 14.8 Å². The molecule has 0 aliphatic carbocycles. The van der Waals surface area contributed by atoms with Crippen molar-refractivity contribution in [3.05, 3.63) is 0 Å². The van der Waals surface area contributed by atoms with Gasteiger partial charge >= 0.3 is 11.9 Å². The maximum absolute atomic E-state index is 11.8. The number of hydrogen-bond donors (Lipinski definition) is 2. The van der Waals surface area contributed by atoms with Crippen LogP contribution in [0.15, 0.2) is 0 Å². The summed E-state index contributed by atoms with van der Waals surface area (Å²) >= 11 is 1.20. The highest BCUT2D eigenvalue weighted by molar-refractivity contribution is 8.00. The van der Waals surface area contributed by atoms with E-state index in [0.717, 1.165) is 6.42 Å². The molecule has 0 fully saturated rings. The Labute approximate surface area is 129 Å². The topological polar surface area (TPSA) is 108 Å². The molecule has 0 heterocycles. The predicted molar refractivity (Wildman–Crippen MR) is 80.7 cm³/mol. The lowest BCUT2D eigenvalue weighted by Crippen LogP contribution is -2.46. The van der Waals surface area contributed by atoms with E-state index in [-0.39, 0.29) is 23.3 Å². The number of amides is 1. The molecule has 0 aliphatic heterocycles. The lowest BCUT2D eigenvalue weighted by molar-refractivity contribution is -0.146. The van der Waals surface area contributed by atoms with Crippen LogP contribution in [0.1, 0.15) is 20.3 Å². The Hall–Kier alpha value is -1.28. The summed E-state index contributed by atoms with van der Waals surface area (Å²) in [5.74, 6) is -0.929. The maximum Gasteiger partial charge on any atom is 0.328 e. The molecule has 0 radical (unpaired) electrons. The molecule has 0 saturated carbocycles. The highest BCUT2D eigenvalue weighted by Crippen LogP contribution is 2.10. The molecule has 8 heteroatoms. The second-order valence-corrected chi connectivity index (χ2v) is 5.63. The van der Waals surface area contributed by atoms with Gasteiger partial charge in [0, 0.05) is 5.75 Å². The summed E-state index contributed by atoms with van der Waals surface area (Å²) in [4.78, 5) is 34.6. The molecule has 3 unspecified atom stereocenters. The molecular weight excluding hydrogens is 296 g/mol. The van der Waals surface area contributed by atoms with Crippen LogP contribution in [-0.2, 0) is 23.9 Å². The second kappa shape index (κ2) is 10.4. The fourth-order valence-corrected chi connectivity index (χ4v) is 2.29. The van der Waals surface area contributed by atoms with E-state index in [1.54, 1.807) is 0 Å². The van der Waals surface area contributed by atoms with Gasteiger partial charge in [0.2, 0.25) is 5.91 Å². The highest BCUT2D eigenvalue weighted by Gasteiger charge is 2.26. The first-order valence-corrected chi connectivity index (χ1v) is 7.81. The van der Waals surface area contributed by atoms with Gasteiger partial charge in [-0.25, -0.2) is 4.79 Å². The SMILES string of the molecule is CCC(C)C(NC(=O)CSCC(N)C(=O)OC)C(=O)OC. The summed E-state index contributed by atoms with van der Waals surface area (Å²) in [7, 11) is 2.54. The largest absolute Gasteiger partial charge is 0.468 e. The Bertz CT molecular complexity index is 364. The first-order valence-electron chi connectivity index (χ1n) is 6.65. The van der Waals surface area contributed by atoms with Crippen molar-refractivity contribution in [1.82, 2.24) is 5.32 Å². The van der Waals surface area contributed by atoms with E-state index in [1.807, 2.05) is 13.8 Å². The summed E-state index contributed by atoms with van der Waals surface area (Å²) in [6, 6.07) is -1.43. The van der Waals surface area contributed by atoms with Crippen LogP contribution in [0.2, 0.25) is 0 Å². The van der Waals surface area contributed by atoms with E-state index in [9.17, 15) is 14.4 Å². The number of ether oxygens (including phenoxy) is 2. The number of nitrogens with two attached hydrogens (primary N) is 1. The molecule has 0 bridgehead atoms. The van der Waals surface area contributed by atoms with Gasteiger partial charge in [0.1, 0.15) is 12.1 Å². The average Bonchev–Trinajstić information content (AvgIpc) is 2.49. The Morgan fingerprint density at radius 2 is 1.76 bits per heavy atom. The van der Waals surface area contributed by atoms with Gasteiger partial charge in [-0.05, 0) is 5.92 Å². The summed E-state index contributed by atoms with van der Waals surface area (Å²) in [5.41, 5.74) is 5.55. The summed E-state index contributed by atoms with van der Waals surface area (Å²) in [6.45, 7) is 3.79. The molecule has 0 spiro atoms. The van der Waals surface area contributed by atoms with Crippen LogP contribution in [0.5, 0.6) is 0 Å². The highest BCUT2D eigenvalue weighted by atomic mass is 32.2. The molecular formula is C13H24N2O5S. The minimum Gasteiger partial charge on any atom is -0.468 e. The molecule has 7 nitrogen and oxygen atoms in total. The monoisotopic (exact) mass is 320 g/mol. The number of hydrogen-bond acceptors (Lipinski definition) is 7. The summed E-state index contributed by atoms with van der Waals surface area (Å²) < 4.78 is 9.17. The van der Waals surface area contributed by atoms with E-state index in [1.165, 1.54) is 26.0 Å². The molecule has 0 aromatic rings. The van der Waals surface area contributed by atoms with Crippen LogP contribution in [0.3, 0.4) is 0 Å². The van der Waals surface area contributed by atoms with Crippen molar-refractivity contribution < 1.29 is 23.9 Å². The van der Waals surface area contributed by atoms with Gasteiger partial charge in [0.25, 0.3) is 0 Å². The molecule has 3 N–H and O–H groups in total. The number of esters is 2. The van der Waals surface area contributed by atoms with Crippen molar-refractivity contribution >= 4 is 29.6 Å². The molecule has 3 atom stereocenters. The van der Waals surface area contributed by atoms with Crippen molar-refractivity contribution in [3.8, 4) is 0 Å².